The van der Waals surface area contributed by atoms with Gasteiger partial charge < -0.3 is 20.3 Å². The number of halogens is 1. The van der Waals surface area contributed by atoms with Crippen LogP contribution in [0.5, 0.6) is 0 Å². The topological polar surface area (TPSA) is 103 Å². The van der Waals surface area contributed by atoms with Gasteiger partial charge in [0.15, 0.2) is 0 Å². The average Bonchev–Trinajstić information content (AvgIpc) is 3.02. The number of aryl methyl sites for hydroxylation is 1. The van der Waals surface area contributed by atoms with Crippen LogP contribution in [-0.2, 0) is 6.42 Å². The minimum atomic E-state index is -0.355. The van der Waals surface area contributed by atoms with Crippen molar-refractivity contribution >= 4 is 47.1 Å². The van der Waals surface area contributed by atoms with Crippen LogP contribution in [0.15, 0.2) is 24.2 Å². The van der Waals surface area contributed by atoms with Crippen molar-refractivity contribution in [3.05, 3.63) is 45.6 Å². The maximum atomic E-state index is 9.74. The highest BCUT2D eigenvalue weighted by molar-refractivity contribution is 6.37. The average molecular weight is 412 g/mol. The number of H-pyrrole nitrogens is 1. The second-order valence-electron chi connectivity index (χ2n) is 6.83. The van der Waals surface area contributed by atoms with Crippen molar-refractivity contribution in [2.45, 2.75) is 26.4 Å². The van der Waals surface area contributed by atoms with Gasteiger partial charge in [-0.25, -0.2) is 0 Å². The molecule has 0 saturated carbocycles. The Bertz CT molecular complexity index is 1200. The number of nitrogens with one attached hydrogen (secondary N) is 2. The lowest BCUT2D eigenvalue weighted by atomic mass is 10.1. The molecule has 0 unspecified atom stereocenters. The second kappa shape index (κ2) is 7.81. The SMILES string of the molecule is C=c1nccn/c1=C/C(=C\C)Nc1nc(N2CC(O)C2)c2c(Cl)c(CC)[nH]c2n1. The number of hydrogen-bond donors (Lipinski definition) is 3. The molecule has 0 aromatic carbocycles. The highest BCUT2D eigenvalue weighted by Crippen LogP contribution is 2.36. The van der Waals surface area contributed by atoms with Gasteiger partial charge in [-0.1, -0.05) is 31.2 Å². The van der Waals surface area contributed by atoms with Crippen LogP contribution in [0.3, 0.4) is 0 Å². The standard InChI is InChI=1S/C20H22ClN7O/c1-4-12(8-15-11(3)22-6-7-23-15)24-20-26-18-16(17(21)14(5-2)25-18)19(27-20)28-9-13(29)10-28/h4,6-8,13,29H,3,5,9-10H2,1-2H3,(H2,24,25,26,27)/b12-4+,15-8+. The summed E-state index contributed by atoms with van der Waals surface area (Å²) in [7, 11) is 0. The van der Waals surface area contributed by atoms with Crippen molar-refractivity contribution in [1.82, 2.24) is 24.9 Å². The summed E-state index contributed by atoms with van der Waals surface area (Å²) in [4.78, 5) is 23.0. The van der Waals surface area contributed by atoms with E-state index in [9.17, 15) is 5.11 Å². The molecule has 1 saturated heterocycles. The van der Waals surface area contributed by atoms with Gasteiger partial charge in [-0.15, -0.1) is 0 Å². The van der Waals surface area contributed by atoms with Crippen molar-refractivity contribution in [1.29, 1.82) is 0 Å². The fraction of sp³-hybridized carbons (Fsp3) is 0.300. The van der Waals surface area contributed by atoms with Crippen LogP contribution >= 0.6 is 11.6 Å². The van der Waals surface area contributed by atoms with E-state index in [0.717, 1.165) is 23.2 Å². The zero-order valence-corrected chi connectivity index (χ0v) is 17.0. The number of anilines is 2. The maximum Gasteiger partial charge on any atom is 0.231 e. The van der Waals surface area contributed by atoms with Gasteiger partial charge in [-0.3, -0.25) is 9.97 Å². The molecule has 4 heterocycles. The highest BCUT2D eigenvalue weighted by Gasteiger charge is 2.29. The number of rotatable bonds is 5. The number of fused-ring (bicyclic) bond motifs is 1. The van der Waals surface area contributed by atoms with Crippen LogP contribution in [-0.4, -0.2) is 49.2 Å². The summed E-state index contributed by atoms with van der Waals surface area (Å²) in [5.74, 6) is 1.13. The minimum Gasteiger partial charge on any atom is -0.389 e. The van der Waals surface area contributed by atoms with Gasteiger partial charge in [0.25, 0.3) is 0 Å². The van der Waals surface area contributed by atoms with E-state index >= 15 is 0 Å². The Kier molecular flexibility index (Phi) is 5.21. The van der Waals surface area contributed by atoms with Crippen molar-refractivity contribution in [2.75, 3.05) is 23.3 Å². The van der Waals surface area contributed by atoms with Gasteiger partial charge in [-0.05, 0) is 19.4 Å². The summed E-state index contributed by atoms with van der Waals surface area (Å²) in [6, 6.07) is 0. The molecule has 9 heteroatoms. The Labute approximate surface area is 172 Å². The van der Waals surface area contributed by atoms with Crippen LogP contribution < -0.4 is 20.9 Å². The quantitative estimate of drug-likeness (QED) is 0.582. The summed E-state index contributed by atoms with van der Waals surface area (Å²) < 4.78 is 0. The zero-order valence-electron chi connectivity index (χ0n) is 16.3. The maximum absolute atomic E-state index is 9.74. The first-order valence-corrected chi connectivity index (χ1v) is 9.80. The van der Waals surface area contributed by atoms with Crippen molar-refractivity contribution in [3.63, 3.8) is 0 Å². The third kappa shape index (κ3) is 3.68. The Morgan fingerprint density at radius 1 is 1.38 bits per heavy atom. The fourth-order valence-corrected chi connectivity index (χ4v) is 3.57. The van der Waals surface area contributed by atoms with E-state index in [1.165, 1.54) is 0 Å². The van der Waals surface area contributed by atoms with Crippen molar-refractivity contribution in [3.8, 4) is 0 Å². The number of nitrogens with zero attached hydrogens (tertiary/aromatic N) is 5. The molecule has 0 atom stereocenters. The first kappa shape index (κ1) is 19.4. The molecular weight excluding hydrogens is 390 g/mol. The van der Waals surface area contributed by atoms with Gasteiger partial charge in [0, 0.05) is 36.9 Å². The molecule has 29 heavy (non-hydrogen) atoms. The van der Waals surface area contributed by atoms with Gasteiger partial charge in [-0.2, -0.15) is 9.97 Å². The molecule has 1 aliphatic rings. The lowest BCUT2D eigenvalue weighted by Crippen LogP contribution is -2.51. The number of aromatic nitrogens is 5. The van der Waals surface area contributed by atoms with Crippen LogP contribution in [0.2, 0.25) is 5.02 Å². The Morgan fingerprint density at radius 3 is 2.79 bits per heavy atom. The predicted octanol–water partition coefficient (Wildman–Crippen LogP) is 1.35. The molecule has 1 fully saturated rings. The third-order valence-electron chi connectivity index (χ3n) is 4.82. The van der Waals surface area contributed by atoms with E-state index in [2.05, 4.69) is 31.8 Å². The third-order valence-corrected chi connectivity index (χ3v) is 5.24. The molecule has 150 valence electrons. The van der Waals surface area contributed by atoms with E-state index in [0.29, 0.717) is 46.2 Å². The van der Waals surface area contributed by atoms with Crippen LogP contribution in [0.4, 0.5) is 11.8 Å². The molecule has 3 N–H and O–H groups in total. The summed E-state index contributed by atoms with van der Waals surface area (Å²) in [6.07, 6.45) is 7.37. The Balaban J connectivity index is 1.77. The van der Waals surface area contributed by atoms with Crippen LogP contribution in [0.25, 0.3) is 23.7 Å². The summed E-state index contributed by atoms with van der Waals surface area (Å²) >= 11 is 6.57. The lowest BCUT2D eigenvalue weighted by molar-refractivity contribution is 0.141. The molecule has 4 rings (SSSR count). The van der Waals surface area contributed by atoms with E-state index in [-0.39, 0.29) is 6.10 Å². The molecule has 0 radical (unpaired) electrons. The predicted molar refractivity (Wildman–Crippen MR) is 115 cm³/mol. The molecule has 0 aliphatic carbocycles. The number of aliphatic hydroxyl groups excluding tert-OH is 1. The van der Waals surface area contributed by atoms with Gasteiger partial charge in [0.2, 0.25) is 5.95 Å². The highest BCUT2D eigenvalue weighted by atomic mass is 35.5. The molecule has 0 bridgehead atoms. The van der Waals surface area contributed by atoms with E-state index in [4.69, 9.17) is 16.6 Å². The molecule has 3 aromatic rings. The summed E-state index contributed by atoms with van der Waals surface area (Å²) in [6.45, 7) is 8.87. The first-order valence-electron chi connectivity index (χ1n) is 9.42. The summed E-state index contributed by atoms with van der Waals surface area (Å²) in [5, 5.41) is 15.6. The largest absolute Gasteiger partial charge is 0.389 e. The molecule has 8 nitrogen and oxygen atoms in total. The summed E-state index contributed by atoms with van der Waals surface area (Å²) in [5.41, 5.74) is 2.33. The van der Waals surface area contributed by atoms with E-state index in [1.807, 2.05) is 30.9 Å². The first-order chi connectivity index (χ1) is 14.0. The molecule has 1 aliphatic heterocycles. The van der Waals surface area contributed by atoms with Gasteiger partial charge in [0.05, 0.1) is 27.2 Å². The number of β-amino-alcohol motifs (C(OH)–C–C–N with tert-alkyl or cyclic N) is 1. The van der Waals surface area contributed by atoms with E-state index in [1.54, 1.807) is 12.4 Å². The van der Waals surface area contributed by atoms with Gasteiger partial charge >= 0.3 is 0 Å². The number of aromatic amines is 1. The van der Waals surface area contributed by atoms with E-state index < -0.39 is 0 Å². The van der Waals surface area contributed by atoms with Crippen LogP contribution in [0.1, 0.15) is 19.5 Å². The van der Waals surface area contributed by atoms with Crippen molar-refractivity contribution in [2.24, 2.45) is 0 Å². The number of aliphatic hydroxyl groups is 1. The number of allylic oxidation sites excluding steroid dienone is 2. The lowest BCUT2D eigenvalue weighted by Gasteiger charge is -2.37. The minimum absolute atomic E-state index is 0.355. The smallest absolute Gasteiger partial charge is 0.231 e. The normalized spacial score (nSPS) is 15.8. The zero-order chi connectivity index (χ0) is 20.5. The molecule has 0 amide bonds. The van der Waals surface area contributed by atoms with Crippen molar-refractivity contribution < 1.29 is 5.11 Å². The molecular formula is C20H22ClN7O. The van der Waals surface area contributed by atoms with Gasteiger partial charge in [0.1, 0.15) is 11.5 Å². The monoisotopic (exact) mass is 411 g/mol. The fourth-order valence-electron chi connectivity index (χ4n) is 3.21. The molecule has 3 aromatic heterocycles. The van der Waals surface area contributed by atoms with Crippen LogP contribution in [0, 0.1) is 0 Å². The number of hydrogen-bond acceptors (Lipinski definition) is 7. The Morgan fingerprint density at radius 2 is 2.14 bits per heavy atom. The Hall–Kier alpha value is -2.97. The second-order valence-corrected chi connectivity index (χ2v) is 7.20. The molecule has 0 spiro atoms.